The van der Waals surface area contributed by atoms with E-state index < -0.39 is 0 Å². The minimum Gasteiger partial charge on any atom is -0.366 e. The van der Waals surface area contributed by atoms with Crippen molar-refractivity contribution >= 4 is 5.82 Å². The molecule has 1 aliphatic heterocycles. The number of nitriles is 1. The Balaban J connectivity index is 1.48. The summed E-state index contributed by atoms with van der Waals surface area (Å²) in [5, 5.41) is 12.1. The van der Waals surface area contributed by atoms with Crippen molar-refractivity contribution in [1.82, 2.24) is 14.9 Å². The minimum absolute atomic E-state index is 0.350. The molecule has 1 N–H and O–H groups in total. The molecule has 0 unspecified atom stereocenters. The third kappa shape index (κ3) is 3.80. The van der Waals surface area contributed by atoms with Crippen molar-refractivity contribution in [1.29, 1.82) is 5.26 Å². The fourth-order valence-corrected chi connectivity index (χ4v) is 2.75. The van der Waals surface area contributed by atoms with Crippen LogP contribution in [0.5, 0.6) is 0 Å². The van der Waals surface area contributed by atoms with E-state index in [9.17, 15) is 0 Å². The number of likely N-dealkylation sites (tertiary alicyclic amines) is 1. The first-order valence-electron chi connectivity index (χ1n) is 7.58. The molecule has 1 aromatic heterocycles. The van der Waals surface area contributed by atoms with Crippen molar-refractivity contribution in [2.24, 2.45) is 0 Å². The van der Waals surface area contributed by atoms with Gasteiger partial charge in [0.05, 0.1) is 12.4 Å². The molecule has 2 aromatic rings. The summed E-state index contributed by atoms with van der Waals surface area (Å²) >= 11 is 0. The zero-order valence-electron chi connectivity index (χ0n) is 12.4. The van der Waals surface area contributed by atoms with Crippen molar-refractivity contribution < 1.29 is 0 Å². The smallest absolute Gasteiger partial charge is 0.158 e. The Morgan fingerprint density at radius 2 is 1.91 bits per heavy atom. The lowest BCUT2D eigenvalue weighted by Gasteiger charge is -2.32. The normalized spacial score (nSPS) is 16.1. The van der Waals surface area contributed by atoms with Gasteiger partial charge in [-0.25, -0.2) is 9.97 Å². The quantitative estimate of drug-likeness (QED) is 0.938. The van der Waals surface area contributed by atoms with Gasteiger partial charge in [-0.15, -0.1) is 0 Å². The summed E-state index contributed by atoms with van der Waals surface area (Å²) in [6.07, 6.45) is 5.32. The number of hydrogen-bond donors (Lipinski definition) is 1. The van der Waals surface area contributed by atoms with Crippen LogP contribution in [0.1, 0.15) is 24.1 Å². The maximum atomic E-state index is 8.72. The van der Waals surface area contributed by atoms with Gasteiger partial charge >= 0.3 is 0 Å². The molecule has 0 aliphatic carbocycles. The summed E-state index contributed by atoms with van der Waals surface area (Å²) < 4.78 is 0. The van der Waals surface area contributed by atoms with Crippen LogP contribution >= 0.6 is 0 Å². The van der Waals surface area contributed by atoms with Crippen molar-refractivity contribution in [3.05, 3.63) is 54.0 Å². The predicted octanol–water partition coefficient (Wildman–Crippen LogP) is 2.42. The molecule has 0 saturated carbocycles. The van der Waals surface area contributed by atoms with Gasteiger partial charge in [0.1, 0.15) is 11.9 Å². The number of aromatic nitrogens is 2. The second-order valence-corrected chi connectivity index (χ2v) is 5.58. The first-order chi connectivity index (χ1) is 10.8. The lowest BCUT2D eigenvalue weighted by atomic mass is 10.0. The van der Waals surface area contributed by atoms with Crippen molar-refractivity contribution in [2.75, 3.05) is 18.4 Å². The van der Waals surface area contributed by atoms with E-state index in [0.717, 1.165) is 38.3 Å². The molecule has 0 spiro atoms. The van der Waals surface area contributed by atoms with Crippen LogP contribution in [0.25, 0.3) is 0 Å². The molecule has 5 nitrogen and oxygen atoms in total. The number of piperidine rings is 1. The average molecular weight is 293 g/mol. The summed E-state index contributed by atoms with van der Waals surface area (Å²) in [5.41, 5.74) is 1.72. The summed E-state index contributed by atoms with van der Waals surface area (Å²) in [6, 6.07) is 13.0. The molecule has 22 heavy (non-hydrogen) atoms. The third-order valence-electron chi connectivity index (χ3n) is 3.95. The van der Waals surface area contributed by atoms with Crippen LogP contribution in [0.3, 0.4) is 0 Å². The van der Waals surface area contributed by atoms with Gasteiger partial charge in [-0.1, -0.05) is 30.3 Å². The summed E-state index contributed by atoms with van der Waals surface area (Å²) in [6.45, 7) is 3.18. The van der Waals surface area contributed by atoms with Gasteiger partial charge < -0.3 is 5.32 Å². The molecule has 2 heterocycles. The van der Waals surface area contributed by atoms with E-state index in [0.29, 0.717) is 11.7 Å². The maximum Gasteiger partial charge on any atom is 0.158 e. The van der Waals surface area contributed by atoms with Crippen LogP contribution in [0.2, 0.25) is 0 Å². The van der Waals surface area contributed by atoms with Crippen LogP contribution in [-0.4, -0.2) is 34.0 Å². The molecule has 112 valence electrons. The number of nitrogens with one attached hydrogen (secondary N) is 1. The van der Waals surface area contributed by atoms with Crippen LogP contribution in [0, 0.1) is 11.3 Å². The van der Waals surface area contributed by atoms with Gasteiger partial charge in [0.2, 0.25) is 0 Å². The topological polar surface area (TPSA) is 64.8 Å². The monoisotopic (exact) mass is 293 g/mol. The molecule has 0 amide bonds. The zero-order valence-corrected chi connectivity index (χ0v) is 12.4. The first-order valence-corrected chi connectivity index (χ1v) is 7.58. The highest BCUT2D eigenvalue weighted by molar-refractivity contribution is 5.34. The third-order valence-corrected chi connectivity index (χ3v) is 3.95. The highest BCUT2D eigenvalue weighted by Crippen LogP contribution is 2.16. The molecular formula is C17H19N5. The van der Waals surface area contributed by atoms with Crippen LogP contribution in [0.15, 0.2) is 42.7 Å². The molecule has 0 radical (unpaired) electrons. The lowest BCUT2D eigenvalue weighted by Crippen LogP contribution is -2.38. The minimum atomic E-state index is 0.350. The Morgan fingerprint density at radius 3 is 2.55 bits per heavy atom. The predicted molar refractivity (Wildman–Crippen MR) is 85.1 cm³/mol. The van der Waals surface area contributed by atoms with Gasteiger partial charge in [0.25, 0.3) is 0 Å². The van der Waals surface area contributed by atoms with E-state index in [-0.39, 0.29) is 0 Å². The Bertz CT molecular complexity index is 624. The highest BCUT2D eigenvalue weighted by atomic mass is 15.1. The van der Waals surface area contributed by atoms with Crippen LogP contribution in [-0.2, 0) is 6.54 Å². The van der Waals surface area contributed by atoms with Gasteiger partial charge in [-0.3, -0.25) is 4.90 Å². The Morgan fingerprint density at radius 1 is 1.14 bits per heavy atom. The molecule has 1 aliphatic rings. The number of anilines is 1. The molecule has 0 atom stereocenters. The van der Waals surface area contributed by atoms with Gasteiger partial charge in [0.15, 0.2) is 5.69 Å². The van der Waals surface area contributed by atoms with Crippen molar-refractivity contribution in [3.8, 4) is 6.07 Å². The van der Waals surface area contributed by atoms with E-state index >= 15 is 0 Å². The van der Waals surface area contributed by atoms with E-state index in [1.165, 1.54) is 11.8 Å². The number of hydrogen-bond acceptors (Lipinski definition) is 5. The molecule has 5 heteroatoms. The number of rotatable bonds is 4. The number of benzene rings is 1. The SMILES string of the molecule is N#Cc1cnc(NC2CCN(Cc3ccccc3)CC2)cn1. The number of nitrogens with zero attached hydrogens (tertiary/aromatic N) is 4. The Hall–Kier alpha value is -2.45. The van der Waals surface area contributed by atoms with Gasteiger partial charge in [-0.05, 0) is 18.4 Å². The molecular weight excluding hydrogens is 274 g/mol. The molecule has 3 rings (SSSR count). The summed E-state index contributed by atoms with van der Waals surface area (Å²) in [5.74, 6) is 0.750. The Labute approximate surface area is 130 Å². The first kappa shape index (κ1) is 14.5. The second-order valence-electron chi connectivity index (χ2n) is 5.58. The fourth-order valence-electron chi connectivity index (χ4n) is 2.75. The second kappa shape index (κ2) is 7.01. The maximum absolute atomic E-state index is 8.72. The lowest BCUT2D eigenvalue weighted by molar-refractivity contribution is 0.211. The average Bonchev–Trinajstić information content (AvgIpc) is 2.58. The summed E-state index contributed by atoms with van der Waals surface area (Å²) in [4.78, 5) is 10.7. The largest absolute Gasteiger partial charge is 0.366 e. The van der Waals surface area contributed by atoms with Crippen LogP contribution in [0.4, 0.5) is 5.82 Å². The van der Waals surface area contributed by atoms with Crippen molar-refractivity contribution in [2.45, 2.75) is 25.4 Å². The summed E-state index contributed by atoms with van der Waals surface area (Å²) in [7, 11) is 0. The molecule has 1 saturated heterocycles. The van der Waals surface area contributed by atoms with Gasteiger partial charge in [0, 0.05) is 25.7 Å². The van der Waals surface area contributed by atoms with E-state index in [1.54, 1.807) is 6.20 Å². The van der Waals surface area contributed by atoms with Crippen LogP contribution < -0.4 is 5.32 Å². The Kier molecular flexibility index (Phi) is 4.62. The van der Waals surface area contributed by atoms with Crippen molar-refractivity contribution in [3.63, 3.8) is 0 Å². The molecule has 1 fully saturated rings. The highest BCUT2D eigenvalue weighted by Gasteiger charge is 2.19. The van der Waals surface area contributed by atoms with Gasteiger partial charge in [-0.2, -0.15) is 5.26 Å². The standard InChI is InChI=1S/C17H19N5/c18-10-16-11-20-17(12-19-16)21-15-6-8-22(9-7-15)13-14-4-2-1-3-5-14/h1-5,11-12,15H,6-9,13H2,(H,20,21). The fraction of sp³-hybridized carbons (Fsp3) is 0.353. The zero-order chi connectivity index (χ0) is 15.2. The molecule has 1 aromatic carbocycles. The van der Waals surface area contributed by atoms with E-state index in [4.69, 9.17) is 5.26 Å². The van der Waals surface area contributed by atoms with E-state index in [2.05, 4.69) is 50.5 Å². The van der Waals surface area contributed by atoms with E-state index in [1.807, 2.05) is 6.07 Å². The molecule has 0 bridgehead atoms.